The lowest BCUT2D eigenvalue weighted by Gasteiger charge is -2.44. The number of hydrogen-bond acceptors (Lipinski definition) is 3. The van der Waals surface area contributed by atoms with Gasteiger partial charge in [0.2, 0.25) is 11.6 Å². The molecule has 0 aromatic heterocycles. The molecule has 0 bridgehead atoms. The van der Waals surface area contributed by atoms with Gasteiger partial charge in [0.1, 0.15) is 0 Å². The molecule has 2 aromatic rings. The highest BCUT2D eigenvalue weighted by Gasteiger charge is 2.56. The van der Waals surface area contributed by atoms with E-state index in [1.807, 2.05) is 12.1 Å². The second-order valence-corrected chi connectivity index (χ2v) is 13.4. The summed E-state index contributed by atoms with van der Waals surface area (Å²) in [5.74, 6) is -0.882. The van der Waals surface area contributed by atoms with Gasteiger partial charge in [0, 0.05) is 23.0 Å². The molecule has 0 radical (unpaired) electrons. The second-order valence-electron chi connectivity index (χ2n) is 10.8. The van der Waals surface area contributed by atoms with Crippen LogP contribution in [0, 0.1) is 5.92 Å². The summed E-state index contributed by atoms with van der Waals surface area (Å²) in [4.78, 5) is 15.3. The fourth-order valence-corrected chi connectivity index (χ4v) is 8.34. The van der Waals surface area contributed by atoms with Gasteiger partial charge in [-0.3, -0.25) is 4.79 Å². The Labute approximate surface area is 218 Å². The van der Waals surface area contributed by atoms with Crippen LogP contribution in [0.5, 0.6) is 0 Å². The normalized spacial score (nSPS) is 28.4. The van der Waals surface area contributed by atoms with Gasteiger partial charge in [-0.15, -0.1) is 0 Å². The Morgan fingerprint density at radius 3 is 2.43 bits per heavy atom. The van der Waals surface area contributed by atoms with Crippen LogP contribution in [0.1, 0.15) is 48.4 Å². The van der Waals surface area contributed by atoms with E-state index >= 15 is 0 Å². The predicted octanol–water partition coefficient (Wildman–Crippen LogP) is 5.55. The maximum Gasteiger partial charge on any atom is 0.426 e. The Kier molecular flexibility index (Phi) is 6.42. The summed E-state index contributed by atoms with van der Waals surface area (Å²) in [6.07, 6.45) is -2.73. The summed E-state index contributed by atoms with van der Waals surface area (Å²) in [6.45, 7) is 0.966. The maximum absolute atomic E-state index is 14.8. The molecule has 2 aromatic carbocycles. The summed E-state index contributed by atoms with van der Waals surface area (Å²) in [5, 5.41) is 0.575. The van der Waals surface area contributed by atoms with E-state index in [1.54, 1.807) is 23.1 Å². The number of sulfone groups is 1. The van der Waals surface area contributed by atoms with Crippen molar-refractivity contribution in [1.82, 2.24) is 4.90 Å². The fourth-order valence-electron chi connectivity index (χ4n) is 6.48. The lowest BCUT2D eigenvalue weighted by atomic mass is 9.63. The van der Waals surface area contributed by atoms with E-state index in [0.29, 0.717) is 56.2 Å². The van der Waals surface area contributed by atoms with E-state index in [4.69, 9.17) is 11.6 Å². The molecule has 2 fully saturated rings. The Morgan fingerprint density at radius 2 is 1.81 bits per heavy atom. The Bertz CT molecular complexity index is 1330. The van der Waals surface area contributed by atoms with Gasteiger partial charge in [0.05, 0.1) is 17.4 Å². The zero-order valence-corrected chi connectivity index (χ0v) is 21.9. The smallest absolute Gasteiger partial charge is 0.338 e. The van der Waals surface area contributed by atoms with E-state index in [0.717, 1.165) is 11.1 Å². The molecule has 4 atom stereocenters. The second kappa shape index (κ2) is 8.97. The zero-order chi connectivity index (χ0) is 26.8. The number of aryl methyl sites for hydroxylation is 1. The van der Waals surface area contributed by atoms with Crippen molar-refractivity contribution in [1.29, 1.82) is 0 Å². The highest BCUT2D eigenvalue weighted by atomic mass is 35.5. The van der Waals surface area contributed by atoms with Gasteiger partial charge in [-0.05, 0) is 73.4 Å². The maximum atomic E-state index is 14.8. The summed E-state index contributed by atoms with van der Waals surface area (Å²) >= 11 is 6.07. The highest BCUT2D eigenvalue weighted by Crippen LogP contribution is 2.51. The van der Waals surface area contributed by atoms with Crippen molar-refractivity contribution in [2.75, 3.05) is 18.1 Å². The highest BCUT2D eigenvalue weighted by molar-refractivity contribution is 7.91. The lowest BCUT2D eigenvalue weighted by molar-refractivity contribution is -0.228. The lowest BCUT2D eigenvalue weighted by Crippen LogP contribution is -2.50. The van der Waals surface area contributed by atoms with Crippen molar-refractivity contribution in [3.8, 4) is 0 Å². The van der Waals surface area contributed by atoms with E-state index in [-0.39, 0.29) is 23.5 Å². The Hall–Kier alpha value is -2.13. The van der Waals surface area contributed by atoms with Crippen molar-refractivity contribution in [2.45, 2.75) is 62.3 Å². The first-order valence-electron chi connectivity index (χ1n) is 12.4. The molecule has 4 unspecified atom stereocenters. The number of carbonyl (C=O) groups excluding carboxylic acids is 1. The van der Waals surface area contributed by atoms with Crippen molar-refractivity contribution in [3.05, 3.63) is 69.7 Å². The first-order chi connectivity index (χ1) is 17.2. The number of halogens is 5. The molecular weight excluding hydrogens is 530 g/mol. The van der Waals surface area contributed by atoms with Gasteiger partial charge in [0.15, 0.2) is 9.84 Å². The molecule has 2 saturated heterocycles. The molecule has 200 valence electrons. The minimum absolute atomic E-state index is 0.00461. The van der Waals surface area contributed by atoms with Crippen molar-refractivity contribution in [3.63, 3.8) is 0 Å². The van der Waals surface area contributed by atoms with Crippen molar-refractivity contribution < 1.29 is 30.8 Å². The third-order valence-electron chi connectivity index (χ3n) is 8.51. The third kappa shape index (κ3) is 4.56. The Morgan fingerprint density at radius 1 is 1.11 bits per heavy atom. The molecule has 10 heteroatoms. The standard InChI is InChI=1S/C27H28ClF4NO3S/c1-25(29,27(30,31)32)20-5-8-22-18(14-20)4-9-23-26(22,15-17-2-6-21(28)7-3-17)11-12-33(23)24(34)19-10-13-37(35,36)16-19/h2-3,5-8,14,19,23H,4,9-13,15-16H2,1H3. The third-order valence-corrected chi connectivity index (χ3v) is 10.5. The molecule has 0 saturated carbocycles. The average Bonchev–Trinajstić information content (AvgIpc) is 3.39. The summed E-state index contributed by atoms with van der Waals surface area (Å²) < 4.78 is 79.2. The first kappa shape index (κ1) is 26.5. The largest absolute Gasteiger partial charge is 0.426 e. The topological polar surface area (TPSA) is 54.5 Å². The number of carbonyl (C=O) groups is 1. The number of nitrogens with zero attached hydrogens (tertiary/aromatic N) is 1. The van der Waals surface area contributed by atoms with Crippen molar-refractivity contribution >= 4 is 27.3 Å². The minimum Gasteiger partial charge on any atom is -0.338 e. The van der Waals surface area contributed by atoms with Crippen LogP contribution >= 0.6 is 11.6 Å². The molecule has 1 aliphatic carbocycles. The van der Waals surface area contributed by atoms with Gasteiger partial charge in [-0.1, -0.05) is 41.9 Å². The first-order valence-corrected chi connectivity index (χ1v) is 14.6. The molecule has 37 heavy (non-hydrogen) atoms. The molecule has 4 nitrogen and oxygen atoms in total. The number of benzene rings is 2. The number of likely N-dealkylation sites (tertiary alicyclic amines) is 1. The van der Waals surface area contributed by atoms with Gasteiger partial charge in [-0.25, -0.2) is 12.8 Å². The average molecular weight is 558 g/mol. The van der Waals surface area contributed by atoms with Gasteiger partial charge in [-0.2, -0.15) is 13.2 Å². The van der Waals surface area contributed by atoms with Crippen LogP contribution in [0.4, 0.5) is 17.6 Å². The summed E-state index contributed by atoms with van der Waals surface area (Å²) in [6, 6.07) is 11.2. The van der Waals surface area contributed by atoms with Crippen LogP contribution in [0.3, 0.4) is 0 Å². The van der Waals surface area contributed by atoms with Crippen molar-refractivity contribution in [2.24, 2.45) is 5.92 Å². The minimum atomic E-state index is -5.04. The quantitative estimate of drug-likeness (QED) is 0.463. The molecule has 5 rings (SSSR count). The fraction of sp³-hybridized carbons (Fsp3) is 0.519. The van der Waals surface area contributed by atoms with E-state index in [1.165, 1.54) is 12.1 Å². The van der Waals surface area contributed by atoms with Crippen LogP contribution in [-0.4, -0.2) is 49.5 Å². The molecule has 0 N–H and O–H groups in total. The number of rotatable bonds is 4. The van der Waals surface area contributed by atoms with Crippen LogP contribution in [-0.2, 0) is 38.6 Å². The van der Waals surface area contributed by atoms with Gasteiger partial charge >= 0.3 is 6.18 Å². The summed E-state index contributed by atoms with van der Waals surface area (Å²) in [7, 11) is -3.23. The summed E-state index contributed by atoms with van der Waals surface area (Å²) in [5.41, 5.74) is -2.04. The van der Waals surface area contributed by atoms with Gasteiger partial charge in [0.25, 0.3) is 0 Å². The number of hydrogen-bond donors (Lipinski definition) is 0. The predicted molar refractivity (Wildman–Crippen MR) is 133 cm³/mol. The Balaban J connectivity index is 1.55. The molecule has 3 aliphatic rings. The number of fused-ring (bicyclic) bond motifs is 3. The zero-order valence-electron chi connectivity index (χ0n) is 20.3. The van der Waals surface area contributed by atoms with E-state index < -0.39 is 38.6 Å². The number of alkyl halides is 4. The monoisotopic (exact) mass is 557 g/mol. The van der Waals surface area contributed by atoms with Crippen LogP contribution in [0.25, 0.3) is 0 Å². The number of amides is 1. The molecule has 0 spiro atoms. The molecule has 2 aliphatic heterocycles. The van der Waals surface area contributed by atoms with Crippen LogP contribution in [0.15, 0.2) is 42.5 Å². The van der Waals surface area contributed by atoms with Crippen LogP contribution in [0.2, 0.25) is 5.02 Å². The van der Waals surface area contributed by atoms with Gasteiger partial charge < -0.3 is 4.90 Å². The molecule has 2 heterocycles. The van der Waals surface area contributed by atoms with E-state index in [9.17, 15) is 30.8 Å². The SMILES string of the molecule is CC(F)(c1ccc2c(c1)CCC1N(C(=O)C3CCS(=O)(=O)C3)CCC21Cc1ccc(Cl)cc1)C(F)(F)F. The molecule has 1 amide bonds. The van der Waals surface area contributed by atoms with E-state index in [2.05, 4.69) is 0 Å². The molecular formula is C27H28ClF4NO3S. The van der Waals surface area contributed by atoms with Crippen LogP contribution < -0.4 is 0 Å².